The van der Waals surface area contributed by atoms with Crippen LogP contribution in [-0.2, 0) is 0 Å². The summed E-state index contributed by atoms with van der Waals surface area (Å²) in [6.45, 7) is 6.48. The van der Waals surface area contributed by atoms with Crippen LogP contribution in [0.25, 0.3) is 6.20 Å². The second-order valence-electron chi connectivity index (χ2n) is 4.04. The SMILES string of the molecule is CC1=Cn2nccc2N=C(C(C)C)C1. The summed E-state index contributed by atoms with van der Waals surface area (Å²) >= 11 is 0. The number of aromatic nitrogens is 2. The highest BCUT2D eigenvalue weighted by molar-refractivity contribution is 5.91. The average Bonchev–Trinajstić information content (AvgIpc) is 2.45. The molecule has 0 N–H and O–H groups in total. The molecule has 1 aliphatic rings. The molecule has 0 radical (unpaired) electrons. The molecule has 0 fully saturated rings. The van der Waals surface area contributed by atoms with E-state index in [9.17, 15) is 0 Å². The van der Waals surface area contributed by atoms with E-state index in [4.69, 9.17) is 0 Å². The number of aliphatic imine (C=N–C) groups is 1. The van der Waals surface area contributed by atoms with Gasteiger partial charge in [-0.1, -0.05) is 13.8 Å². The monoisotopic (exact) mass is 189 g/mol. The molecule has 2 rings (SSSR count). The summed E-state index contributed by atoms with van der Waals surface area (Å²) in [5, 5.41) is 4.19. The van der Waals surface area contributed by atoms with Gasteiger partial charge in [-0.05, 0) is 18.4 Å². The van der Waals surface area contributed by atoms with Crippen molar-refractivity contribution in [3.8, 4) is 0 Å². The summed E-state index contributed by atoms with van der Waals surface area (Å²) in [7, 11) is 0. The van der Waals surface area contributed by atoms with Gasteiger partial charge in [-0.25, -0.2) is 9.67 Å². The van der Waals surface area contributed by atoms with Gasteiger partial charge in [0.05, 0.1) is 6.20 Å². The van der Waals surface area contributed by atoms with Gasteiger partial charge in [0, 0.05) is 24.4 Å². The maximum absolute atomic E-state index is 4.61. The van der Waals surface area contributed by atoms with Crippen molar-refractivity contribution in [3.63, 3.8) is 0 Å². The van der Waals surface area contributed by atoms with Crippen LogP contribution in [0.5, 0.6) is 0 Å². The second kappa shape index (κ2) is 3.40. The molecule has 0 aromatic carbocycles. The van der Waals surface area contributed by atoms with E-state index in [1.54, 1.807) is 6.20 Å². The van der Waals surface area contributed by atoms with Crippen LogP contribution in [0.1, 0.15) is 27.2 Å². The minimum absolute atomic E-state index is 0.500. The van der Waals surface area contributed by atoms with Crippen LogP contribution in [0.2, 0.25) is 0 Å². The number of nitrogens with zero attached hydrogens (tertiary/aromatic N) is 3. The Balaban J connectivity index is 2.48. The Bertz CT molecular complexity index is 396. The highest BCUT2D eigenvalue weighted by Gasteiger charge is 2.11. The molecule has 3 nitrogen and oxygen atoms in total. The molecule has 0 spiro atoms. The molecule has 1 aromatic heterocycles. The van der Waals surface area contributed by atoms with Crippen molar-refractivity contribution in [2.45, 2.75) is 27.2 Å². The first kappa shape index (κ1) is 9.19. The van der Waals surface area contributed by atoms with Crippen LogP contribution in [0.4, 0.5) is 5.82 Å². The Hall–Kier alpha value is -1.38. The average molecular weight is 189 g/mol. The molecule has 74 valence electrons. The van der Waals surface area contributed by atoms with Gasteiger partial charge in [0.1, 0.15) is 0 Å². The molecule has 0 saturated carbocycles. The Morgan fingerprint density at radius 3 is 2.93 bits per heavy atom. The molecular formula is C11H15N3. The van der Waals surface area contributed by atoms with E-state index in [0.29, 0.717) is 5.92 Å². The molecule has 0 amide bonds. The summed E-state index contributed by atoms with van der Waals surface area (Å²) in [5.74, 6) is 1.44. The van der Waals surface area contributed by atoms with Gasteiger partial charge in [-0.3, -0.25) is 0 Å². The van der Waals surface area contributed by atoms with E-state index in [0.717, 1.165) is 12.2 Å². The van der Waals surface area contributed by atoms with E-state index < -0.39 is 0 Å². The molecule has 14 heavy (non-hydrogen) atoms. The third kappa shape index (κ3) is 1.62. The fourth-order valence-corrected chi connectivity index (χ4v) is 1.56. The van der Waals surface area contributed by atoms with Gasteiger partial charge in [-0.15, -0.1) is 0 Å². The van der Waals surface area contributed by atoms with E-state index in [1.165, 1.54) is 11.3 Å². The van der Waals surface area contributed by atoms with E-state index in [2.05, 4.69) is 30.9 Å². The molecule has 0 atom stereocenters. The van der Waals surface area contributed by atoms with Crippen LogP contribution in [0.15, 0.2) is 22.8 Å². The molecule has 2 heterocycles. The predicted octanol–water partition coefficient (Wildman–Crippen LogP) is 2.88. The number of fused-ring (bicyclic) bond motifs is 1. The summed E-state index contributed by atoms with van der Waals surface area (Å²) in [6, 6.07) is 1.94. The number of hydrogen-bond acceptors (Lipinski definition) is 2. The van der Waals surface area contributed by atoms with Crippen LogP contribution < -0.4 is 0 Å². The second-order valence-corrected chi connectivity index (χ2v) is 4.04. The fourth-order valence-electron chi connectivity index (χ4n) is 1.56. The molecule has 1 aromatic rings. The lowest BCUT2D eigenvalue weighted by atomic mass is 10.0. The topological polar surface area (TPSA) is 30.2 Å². The zero-order valence-corrected chi connectivity index (χ0v) is 8.86. The number of allylic oxidation sites excluding steroid dienone is 1. The standard InChI is InChI=1S/C11H15N3/c1-8(2)10-6-9(3)7-14-11(13-10)4-5-12-14/h4-5,7-8H,6H2,1-3H3. The van der Waals surface area contributed by atoms with Crippen molar-refractivity contribution in [1.82, 2.24) is 9.78 Å². The molecule has 0 aliphatic carbocycles. The van der Waals surface area contributed by atoms with Gasteiger partial charge < -0.3 is 0 Å². The molecule has 0 saturated heterocycles. The van der Waals surface area contributed by atoms with Gasteiger partial charge in [0.15, 0.2) is 5.82 Å². The van der Waals surface area contributed by atoms with Crippen LogP contribution in [-0.4, -0.2) is 15.5 Å². The minimum Gasteiger partial charge on any atom is -0.237 e. The molecular weight excluding hydrogens is 174 g/mol. The third-order valence-electron chi connectivity index (χ3n) is 2.38. The zero-order valence-electron chi connectivity index (χ0n) is 8.86. The van der Waals surface area contributed by atoms with Crippen molar-refractivity contribution < 1.29 is 0 Å². The zero-order chi connectivity index (χ0) is 10.1. The van der Waals surface area contributed by atoms with Gasteiger partial charge in [-0.2, -0.15) is 5.10 Å². The first-order valence-corrected chi connectivity index (χ1v) is 4.95. The van der Waals surface area contributed by atoms with Crippen molar-refractivity contribution >= 4 is 17.7 Å². The van der Waals surface area contributed by atoms with E-state index in [1.807, 2.05) is 16.9 Å². The van der Waals surface area contributed by atoms with Gasteiger partial charge >= 0.3 is 0 Å². The van der Waals surface area contributed by atoms with Crippen LogP contribution in [0.3, 0.4) is 0 Å². The minimum atomic E-state index is 0.500. The Morgan fingerprint density at radius 1 is 1.43 bits per heavy atom. The maximum atomic E-state index is 4.61. The lowest BCUT2D eigenvalue weighted by Gasteiger charge is -2.07. The molecule has 0 bridgehead atoms. The van der Waals surface area contributed by atoms with E-state index >= 15 is 0 Å². The summed E-state index contributed by atoms with van der Waals surface area (Å²) < 4.78 is 1.84. The van der Waals surface area contributed by atoms with Crippen molar-refractivity contribution in [3.05, 3.63) is 17.8 Å². The van der Waals surface area contributed by atoms with Crippen molar-refractivity contribution in [1.29, 1.82) is 0 Å². The van der Waals surface area contributed by atoms with Gasteiger partial charge in [0.2, 0.25) is 0 Å². The molecule has 1 aliphatic heterocycles. The lowest BCUT2D eigenvalue weighted by molar-refractivity contribution is 0.862. The summed E-state index contributed by atoms with van der Waals surface area (Å²) in [6.07, 6.45) is 4.79. The number of rotatable bonds is 1. The summed E-state index contributed by atoms with van der Waals surface area (Å²) in [4.78, 5) is 4.61. The van der Waals surface area contributed by atoms with Crippen molar-refractivity contribution in [2.24, 2.45) is 10.9 Å². The normalized spacial score (nSPS) is 16.0. The smallest absolute Gasteiger partial charge is 0.154 e. The fraction of sp³-hybridized carbons (Fsp3) is 0.455. The Labute approximate surface area is 84.2 Å². The number of hydrogen-bond donors (Lipinski definition) is 0. The van der Waals surface area contributed by atoms with E-state index in [-0.39, 0.29) is 0 Å². The Morgan fingerprint density at radius 2 is 2.21 bits per heavy atom. The lowest BCUT2D eigenvalue weighted by Crippen LogP contribution is -2.06. The summed E-state index contributed by atoms with van der Waals surface area (Å²) in [5.41, 5.74) is 2.54. The third-order valence-corrected chi connectivity index (χ3v) is 2.38. The van der Waals surface area contributed by atoms with Gasteiger partial charge in [0.25, 0.3) is 0 Å². The highest BCUT2D eigenvalue weighted by atomic mass is 15.3. The first-order chi connectivity index (χ1) is 6.66. The predicted molar refractivity (Wildman–Crippen MR) is 58.7 cm³/mol. The van der Waals surface area contributed by atoms with Crippen LogP contribution >= 0.6 is 0 Å². The molecule has 0 unspecified atom stereocenters. The largest absolute Gasteiger partial charge is 0.237 e. The van der Waals surface area contributed by atoms with Crippen LogP contribution in [0, 0.1) is 5.92 Å². The molecule has 3 heteroatoms. The van der Waals surface area contributed by atoms with Crippen molar-refractivity contribution in [2.75, 3.05) is 0 Å². The Kier molecular flexibility index (Phi) is 2.23. The highest BCUT2D eigenvalue weighted by Crippen LogP contribution is 2.21. The quantitative estimate of drug-likeness (QED) is 0.668. The first-order valence-electron chi connectivity index (χ1n) is 4.95. The maximum Gasteiger partial charge on any atom is 0.154 e.